The first kappa shape index (κ1) is 30.3. The Morgan fingerprint density at radius 3 is 2.10 bits per heavy atom. The standard InChI is InChI=1S/C32H33Cl2N3O4/c1-21(2)19-35-30(39)28(18-22-9-4-3-5-10-22)37(20-23-14-15-26(33)27(34)17-23)29(38)13-8-16-36-31(40)24-11-6-7-12-25(24)32(36)41/h3-7,9-12,14-15,17,21,28H,8,13,16,18-20H2,1-2H3,(H,35,39)/t28-/m0/s1. The molecule has 1 aliphatic rings. The molecule has 7 nitrogen and oxygen atoms in total. The zero-order valence-corrected chi connectivity index (χ0v) is 24.6. The Labute approximate surface area is 250 Å². The van der Waals surface area contributed by atoms with Crippen LogP contribution in [0.15, 0.2) is 72.8 Å². The SMILES string of the molecule is CC(C)CNC(=O)[C@H](Cc1ccccc1)N(Cc1ccc(Cl)c(Cl)c1)C(=O)CCCN1C(=O)c2ccccc2C1=O. The molecule has 0 fully saturated rings. The molecule has 3 aromatic carbocycles. The Bertz CT molecular complexity index is 1390. The highest BCUT2D eigenvalue weighted by Gasteiger charge is 2.35. The van der Waals surface area contributed by atoms with Gasteiger partial charge in [-0.1, -0.05) is 85.6 Å². The molecule has 1 atom stereocenters. The second-order valence-electron chi connectivity index (χ2n) is 10.5. The first-order valence-electron chi connectivity index (χ1n) is 13.7. The molecule has 41 heavy (non-hydrogen) atoms. The van der Waals surface area contributed by atoms with Crippen LogP contribution in [0.5, 0.6) is 0 Å². The van der Waals surface area contributed by atoms with Gasteiger partial charge in [-0.3, -0.25) is 24.1 Å². The molecule has 0 unspecified atom stereocenters. The maximum atomic E-state index is 13.8. The maximum Gasteiger partial charge on any atom is 0.261 e. The molecule has 0 bridgehead atoms. The second-order valence-corrected chi connectivity index (χ2v) is 11.3. The van der Waals surface area contributed by atoms with Crippen LogP contribution in [0.3, 0.4) is 0 Å². The van der Waals surface area contributed by atoms with Crippen molar-refractivity contribution >= 4 is 46.8 Å². The van der Waals surface area contributed by atoms with Gasteiger partial charge >= 0.3 is 0 Å². The highest BCUT2D eigenvalue weighted by Crippen LogP contribution is 2.26. The van der Waals surface area contributed by atoms with Gasteiger partial charge in [-0.2, -0.15) is 0 Å². The third-order valence-corrected chi connectivity index (χ3v) is 7.68. The molecule has 0 saturated carbocycles. The molecule has 0 saturated heterocycles. The Balaban J connectivity index is 1.56. The van der Waals surface area contributed by atoms with Crippen LogP contribution >= 0.6 is 23.2 Å². The van der Waals surface area contributed by atoms with Crippen molar-refractivity contribution < 1.29 is 19.2 Å². The highest BCUT2D eigenvalue weighted by atomic mass is 35.5. The van der Waals surface area contributed by atoms with E-state index in [1.807, 2.05) is 44.2 Å². The fourth-order valence-electron chi connectivity index (χ4n) is 4.79. The van der Waals surface area contributed by atoms with E-state index in [-0.39, 0.29) is 55.5 Å². The number of benzene rings is 3. The van der Waals surface area contributed by atoms with Crippen molar-refractivity contribution in [1.82, 2.24) is 15.1 Å². The van der Waals surface area contributed by atoms with Crippen LogP contribution in [0.4, 0.5) is 0 Å². The van der Waals surface area contributed by atoms with E-state index in [9.17, 15) is 19.2 Å². The van der Waals surface area contributed by atoms with Crippen molar-refractivity contribution in [3.63, 3.8) is 0 Å². The molecule has 4 amide bonds. The van der Waals surface area contributed by atoms with Gasteiger partial charge in [0.25, 0.3) is 11.8 Å². The fourth-order valence-corrected chi connectivity index (χ4v) is 5.11. The number of amides is 4. The topological polar surface area (TPSA) is 86.8 Å². The first-order valence-corrected chi connectivity index (χ1v) is 14.4. The summed E-state index contributed by atoms with van der Waals surface area (Å²) in [6.45, 7) is 4.71. The van der Waals surface area contributed by atoms with E-state index < -0.39 is 6.04 Å². The van der Waals surface area contributed by atoms with Crippen molar-refractivity contribution in [2.75, 3.05) is 13.1 Å². The minimum Gasteiger partial charge on any atom is -0.354 e. The lowest BCUT2D eigenvalue weighted by Gasteiger charge is -2.32. The minimum absolute atomic E-state index is 0.0392. The van der Waals surface area contributed by atoms with E-state index in [0.29, 0.717) is 34.1 Å². The van der Waals surface area contributed by atoms with Gasteiger partial charge in [0, 0.05) is 32.5 Å². The largest absolute Gasteiger partial charge is 0.354 e. The summed E-state index contributed by atoms with van der Waals surface area (Å²) in [5, 5.41) is 3.74. The molecular weight excluding hydrogens is 561 g/mol. The molecule has 0 radical (unpaired) electrons. The quantitative estimate of drug-likeness (QED) is 0.270. The Morgan fingerprint density at radius 1 is 0.854 bits per heavy atom. The molecule has 3 aromatic rings. The number of carbonyl (C=O) groups is 4. The van der Waals surface area contributed by atoms with E-state index in [1.54, 1.807) is 47.4 Å². The predicted molar refractivity (Wildman–Crippen MR) is 160 cm³/mol. The van der Waals surface area contributed by atoms with Gasteiger partial charge in [-0.25, -0.2) is 0 Å². The Hall–Kier alpha value is -3.68. The van der Waals surface area contributed by atoms with Gasteiger partial charge < -0.3 is 10.2 Å². The first-order chi connectivity index (χ1) is 19.7. The van der Waals surface area contributed by atoms with Crippen molar-refractivity contribution in [3.8, 4) is 0 Å². The van der Waals surface area contributed by atoms with E-state index in [2.05, 4.69) is 5.32 Å². The van der Waals surface area contributed by atoms with Crippen LogP contribution in [-0.4, -0.2) is 52.6 Å². The number of nitrogens with one attached hydrogen (secondary N) is 1. The Morgan fingerprint density at radius 2 is 1.49 bits per heavy atom. The van der Waals surface area contributed by atoms with Crippen LogP contribution in [-0.2, 0) is 22.6 Å². The lowest BCUT2D eigenvalue weighted by Crippen LogP contribution is -2.51. The zero-order valence-electron chi connectivity index (χ0n) is 23.1. The average molecular weight is 595 g/mol. The lowest BCUT2D eigenvalue weighted by molar-refractivity contribution is -0.141. The zero-order chi connectivity index (χ0) is 29.5. The number of halogens is 2. The van der Waals surface area contributed by atoms with Gasteiger partial charge in [-0.05, 0) is 47.7 Å². The summed E-state index contributed by atoms with van der Waals surface area (Å²) in [6.07, 6.45) is 0.613. The van der Waals surface area contributed by atoms with Crippen LogP contribution in [0.25, 0.3) is 0 Å². The Kier molecular flexibility index (Phi) is 10.2. The summed E-state index contributed by atoms with van der Waals surface area (Å²) in [7, 11) is 0. The summed E-state index contributed by atoms with van der Waals surface area (Å²) in [6, 6.07) is 20.6. The van der Waals surface area contributed by atoms with Crippen LogP contribution < -0.4 is 5.32 Å². The fraction of sp³-hybridized carbons (Fsp3) is 0.312. The number of imide groups is 1. The predicted octanol–water partition coefficient (Wildman–Crippen LogP) is 5.78. The summed E-state index contributed by atoms with van der Waals surface area (Å²) >= 11 is 12.4. The van der Waals surface area contributed by atoms with Gasteiger partial charge in [0.2, 0.25) is 11.8 Å². The smallest absolute Gasteiger partial charge is 0.261 e. The number of hydrogen-bond donors (Lipinski definition) is 1. The molecule has 0 spiro atoms. The van der Waals surface area contributed by atoms with Crippen molar-refractivity contribution in [2.24, 2.45) is 5.92 Å². The minimum atomic E-state index is -0.794. The van der Waals surface area contributed by atoms with Crippen molar-refractivity contribution in [2.45, 2.75) is 45.7 Å². The van der Waals surface area contributed by atoms with Gasteiger partial charge in [0.05, 0.1) is 21.2 Å². The van der Waals surface area contributed by atoms with Gasteiger partial charge in [-0.15, -0.1) is 0 Å². The number of rotatable bonds is 12. The monoisotopic (exact) mass is 593 g/mol. The third kappa shape index (κ3) is 7.54. The van der Waals surface area contributed by atoms with E-state index in [0.717, 1.165) is 11.1 Å². The van der Waals surface area contributed by atoms with Gasteiger partial charge in [0.1, 0.15) is 6.04 Å². The molecule has 1 heterocycles. The molecule has 4 rings (SSSR count). The van der Waals surface area contributed by atoms with Crippen molar-refractivity contribution in [3.05, 3.63) is 105 Å². The highest BCUT2D eigenvalue weighted by molar-refractivity contribution is 6.42. The van der Waals surface area contributed by atoms with Crippen molar-refractivity contribution in [1.29, 1.82) is 0 Å². The maximum absolute atomic E-state index is 13.8. The van der Waals surface area contributed by atoms with E-state index in [4.69, 9.17) is 23.2 Å². The van der Waals surface area contributed by atoms with Crippen LogP contribution in [0.1, 0.15) is 58.5 Å². The molecule has 1 N–H and O–H groups in total. The molecular formula is C32H33Cl2N3O4. The average Bonchev–Trinajstić information content (AvgIpc) is 3.20. The number of fused-ring (bicyclic) bond motifs is 1. The van der Waals surface area contributed by atoms with Crippen LogP contribution in [0.2, 0.25) is 10.0 Å². The van der Waals surface area contributed by atoms with Gasteiger partial charge in [0.15, 0.2) is 0 Å². The second kappa shape index (κ2) is 13.8. The molecule has 0 aromatic heterocycles. The summed E-state index contributed by atoms with van der Waals surface area (Å²) in [5.41, 5.74) is 2.38. The molecule has 214 valence electrons. The summed E-state index contributed by atoms with van der Waals surface area (Å²) < 4.78 is 0. The molecule has 9 heteroatoms. The van der Waals surface area contributed by atoms with E-state index in [1.165, 1.54) is 4.90 Å². The number of nitrogens with zero attached hydrogens (tertiary/aromatic N) is 2. The summed E-state index contributed by atoms with van der Waals surface area (Å²) in [4.78, 5) is 55.7. The normalized spacial score (nSPS) is 13.3. The lowest BCUT2D eigenvalue weighted by atomic mass is 10.0. The molecule has 1 aliphatic heterocycles. The number of hydrogen-bond acceptors (Lipinski definition) is 4. The number of carbonyl (C=O) groups excluding carboxylic acids is 4. The summed E-state index contributed by atoms with van der Waals surface area (Å²) in [5.74, 6) is -1.01. The van der Waals surface area contributed by atoms with E-state index >= 15 is 0 Å². The molecule has 0 aliphatic carbocycles. The van der Waals surface area contributed by atoms with Crippen LogP contribution in [0, 0.1) is 5.92 Å². The third-order valence-electron chi connectivity index (χ3n) is 6.94.